The lowest BCUT2D eigenvalue weighted by Gasteiger charge is -2.28. The predicted molar refractivity (Wildman–Crippen MR) is 137 cm³/mol. The molecule has 4 rings (SSSR count). The maximum Gasteiger partial charge on any atom is 0.315 e. The van der Waals surface area contributed by atoms with E-state index in [-0.39, 0.29) is 12.1 Å². The molecule has 0 fully saturated rings. The third-order valence-corrected chi connectivity index (χ3v) is 7.67. The first-order chi connectivity index (χ1) is 16.0. The van der Waals surface area contributed by atoms with E-state index in [1.165, 1.54) is 21.0 Å². The maximum atomic E-state index is 13.0. The molecule has 33 heavy (non-hydrogen) atoms. The number of benzene rings is 1. The predicted octanol–water partition coefficient (Wildman–Crippen LogP) is 5.89. The lowest BCUT2D eigenvalue weighted by atomic mass is 9.92. The number of urea groups is 1. The maximum absolute atomic E-state index is 13.0. The van der Waals surface area contributed by atoms with Crippen LogP contribution in [0.5, 0.6) is 0 Å². The summed E-state index contributed by atoms with van der Waals surface area (Å²) >= 11 is 1.89. The van der Waals surface area contributed by atoms with Gasteiger partial charge in [0.15, 0.2) is 0 Å². The van der Waals surface area contributed by atoms with E-state index in [1.807, 2.05) is 41.7 Å². The molecule has 1 aliphatic rings. The molecule has 5 nitrogen and oxygen atoms in total. The average Bonchev–Trinajstić information content (AvgIpc) is 3.48. The second-order valence-corrected chi connectivity index (χ2v) is 10.4. The smallest absolute Gasteiger partial charge is 0.315 e. The summed E-state index contributed by atoms with van der Waals surface area (Å²) in [5.41, 5.74) is 3.87. The van der Waals surface area contributed by atoms with Gasteiger partial charge in [0.2, 0.25) is 0 Å². The number of likely N-dealkylation sites (N-methyl/N-ethyl adjacent to an activating group) is 1. The van der Waals surface area contributed by atoms with Gasteiger partial charge in [-0.2, -0.15) is 0 Å². The van der Waals surface area contributed by atoms with Gasteiger partial charge in [0.1, 0.15) is 5.00 Å². The van der Waals surface area contributed by atoms with Crippen molar-refractivity contribution in [1.82, 2.24) is 20.1 Å². The van der Waals surface area contributed by atoms with Crippen molar-refractivity contribution in [2.24, 2.45) is 5.92 Å². The third kappa shape index (κ3) is 5.87. The minimum atomic E-state index is -0.1000. The van der Waals surface area contributed by atoms with Crippen LogP contribution in [0, 0.1) is 5.92 Å². The van der Waals surface area contributed by atoms with E-state index in [2.05, 4.69) is 65.4 Å². The highest BCUT2D eigenvalue weighted by atomic mass is 32.1. The summed E-state index contributed by atoms with van der Waals surface area (Å²) in [6.07, 6.45) is 7.29. The summed E-state index contributed by atoms with van der Waals surface area (Å²) in [6, 6.07) is 14.1. The highest BCUT2D eigenvalue weighted by Gasteiger charge is 2.29. The second kappa shape index (κ2) is 11.0. The van der Waals surface area contributed by atoms with Gasteiger partial charge in [0.25, 0.3) is 0 Å². The quantitative estimate of drug-likeness (QED) is 0.415. The van der Waals surface area contributed by atoms with Gasteiger partial charge in [-0.15, -0.1) is 11.3 Å². The van der Waals surface area contributed by atoms with Crippen molar-refractivity contribution in [1.29, 1.82) is 0 Å². The van der Waals surface area contributed by atoms with Crippen molar-refractivity contribution < 1.29 is 4.79 Å². The van der Waals surface area contributed by atoms with Crippen LogP contribution in [0.4, 0.5) is 4.79 Å². The van der Waals surface area contributed by atoms with Crippen LogP contribution < -0.4 is 10.6 Å². The first-order valence-corrected chi connectivity index (χ1v) is 12.9. The van der Waals surface area contributed by atoms with E-state index in [0.717, 1.165) is 44.5 Å². The highest BCUT2D eigenvalue weighted by molar-refractivity contribution is 7.15. The SMILES string of the molecule is CCN1CCc2c(sc(-n3cccc3)c2[C@@H](CCC(C)C)NC(=O)NCc2ccccc2)C1. The zero-order valence-electron chi connectivity index (χ0n) is 20.0. The fourth-order valence-corrected chi connectivity index (χ4v) is 5.95. The van der Waals surface area contributed by atoms with Crippen LogP contribution in [0.3, 0.4) is 0 Å². The molecule has 0 saturated heterocycles. The number of thiophene rings is 1. The Kier molecular flexibility index (Phi) is 7.89. The Labute approximate surface area is 201 Å². The van der Waals surface area contributed by atoms with Gasteiger partial charge in [-0.1, -0.05) is 51.1 Å². The van der Waals surface area contributed by atoms with Gasteiger partial charge < -0.3 is 15.2 Å². The Morgan fingerprint density at radius 2 is 1.85 bits per heavy atom. The molecule has 6 heteroatoms. The molecule has 0 bridgehead atoms. The summed E-state index contributed by atoms with van der Waals surface area (Å²) in [7, 11) is 0. The molecule has 0 saturated carbocycles. The van der Waals surface area contributed by atoms with Crippen molar-refractivity contribution in [2.45, 2.75) is 59.2 Å². The zero-order valence-corrected chi connectivity index (χ0v) is 20.8. The number of hydrogen-bond acceptors (Lipinski definition) is 3. The van der Waals surface area contributed by atoms with Crippen LogP contribution in [-0.2, 0) is 19.5 Å². The Hall–Kier alpha value is -2.57. The molecule has 3 heterocycles. The van der Waals surface area contributed by atoms with Gasteiger partial charge >= 0.3 is 6.03 Å². The molecule has 1 aromatic carbocycles. The van der Waals surface area contributed by atoms with E-state index >= 15 is 0 Å². The van der Waals surface area contributed by atoms with Crippen LogP contribution in [0.15, 0.2) is 54.9 Å². The topological polar surface area (TPSA) is 49.3 Å². The number of nitrogens with one attached hydrogen (secondary N) is 2. The van der Waals surface area contributed by atoms with Crippen molar-refractivity contribution in [2.75, 3.05) is 13.1 Å². The molecule has 0 radical (unpaired) electrons. The monoisotopic (exact) mass is 464 g/mol. The van der Waals surface area contributed by atoms with Crippen molar-refractivity contribution >= 4 is 17.4 Å². The van der Waals surface area contributed by atoms with Gasteiger partial charge in [-0.25, -0.2) is 4.79 Å². The van der Waals surface area contributed by atoms with Crippen LogP contribution >= 0.6 is 11.3 Å². The van der Waals surface area contributed by atoms with Crippen LogP contribution in [0.25, 0.3) is 5.00 Å². The Morgan fingerprint density at radius 1 is 1.09 bits per heavy atom. The molecule has 0 spiro atoms. The van der Waals surface area contributed by atoms with Crippen LogP contribution in [-0.4, -0.2) is 28.6 Å². The average molecular weight is 465 g/mol. The van der Waals surface area contributed by atoms with Gasteiger partial charge in [0, 0.05) is 42.5 Å². The summed E-state index contributed by atoms with van der Waals surface area (Å²) < 4.78 is 2.22. The minimum absolute atomic E-state index is 0.00579. The van der Waals surface area contributed by atoms with Crippen LogP contribution in [0.2, 0.25) is 0 Å². The molecule has 2 aromatic heterocycles. The number of carbonyl (C=O) groups excluding carboxylic acids is 1. The summed E-state index contributed by atoms with van der Waals surface area (Å²) in [4.78, 5) is 16.9. The molecular formula is C27H36N4OS. The number of fused-ring (bicyclic) bond motifs is 1. The van der Waals surface area contributed by atoms with Crippen molar-refractivity contribution in [3.63, 3.8) is 0 Å². The molecule has 176 valence electrons. The zero-order chi connectivity index (χ0) is 23.2. The lowest BCUT2D eigenvalue weighted by Crippen LogP contribution is -2.38. The molecule has 0 aliphatic carbocycles. The van der Waals surface area contributed by atoms with Gasteiger partial charge in [0.05, 0.1) is 6.04 Å². The summed E-state index contributed by atoms with van der Waals surface area (Å²) in [6.45, 7) is 10.4. The fourth-order valence-electron chi connectivity index (χ4n) is 4.53. The molecule has 1 aliphatic heterocycles. The second-order valence-electron chi connectivity index (χ2n) is 9.27. The van der Waals surface area contributed by atoms with E-state index in [1.54, 1.807) is 0 Å². The van der Waals surface area contributed by atoms with Gasteiger partial charge in [-0.3, -0.25) is 4.90 Å². The van der Waals surface area contributed by atoms with Crippen LogP contribution in [0.1, 0.15) is 61.2 Å². The molecular weight excluding hydrogens is 428 g/mol. The first kappa shape index (κ1) is 23.6. The Morgan fingerprint density at radius 3 is 2.55 bits per heavy atom. The fraction of sp³-hybridized carbons (Fsp3) is 0.444. The largest absolute Gasteiger partial charge is 0.334 e. The minimum Gasteiger partial charge on any atom is -0.334 e. The molecule has 2 amide bonds. The van der Waals surface area contributed by atoms with E-state index < -0.39 is 0 Å². The van der Waals surface area contributed by atoms with E-state index in [0.29, 0.717) is 12.5 Å². The van der Waals surface area contributed by atoms with Gasteiger partial charge in [-0.05, 0) is 55.0 Å². The number of amides is 2. The van der Waals surface area contributed by atoms with E-state index in [4.69, 9.17) is 0 Å². The summed E-state index contributed by atoms with van der Waals surface area (Å²) in [5, 5.41) is 7.67. The summed E-state index contributed by atoms with van der Waals surface area (Å²) in [5.74, 6) is 0.585. The Bertz CT molecular complexity index is 1030. The standard InChI is InChI=1S/C27H36N4OS/c1-4-30-17-14-22-24(19-30)33-26(31-15-8-9-16-31)25(22)23(13-12-20(2)3)29-27(32)28-18-21-10-6-5-7-11-21/h5-11,15-16,20,23H,4,12-14,17-19H2,1-3H3,(H2,28,29,32)/t23-/m1/s1. The van der Waals surface area contributed by atoms with E-state index in [9.17, 15) is 4.79 Å². The number of nitrogens with zero attached hydrogens (tertiary/aromatic N) is 2. The Balaban J connectivity index is 1.62. The lowest BCUT2D eigenvalue weighted by molar-refractivity contribution is 0.235. The number of hydrogen-bond donors (Lipinski definition) is 2. The third-order valence-electron chi connectivity index (χ3n) is 6.43. The number of aromatic nitrogens is 1. The number of rotatable bonds is 9. The molecule has 1 atom stereocenters. The first-order valence-electron chi connectivity index (χ1n) is 12.1. The molecule has 0 unspecified atom stereocenters. The van der Waals surface area contributed by atoms with Crippen molar-refractivity contribution in [3.8, 4) is 5.00 Å². The molecule has 2 N–H and O–H groups in total. The normalized spacial score (nSPS) is 14.8. The molecule has 3 aromatic rings. The number of carbonyl (C=O) groups is 1. The highest BCUT2D eigenvalue weighted by Crippen LogP contribution is 2.41. The van der Waals surface area contributed by atoms with Crippen molar-refractivity contribution in [3.05, 3.63) is 76.4 Å².